The SMILES string of the molecule is CC(C)[C@H](N)C(=O)N[C@@H](Cc1ccccc1)C(=O)N[C@@H](CCC(=O)O)C(=O)N[C@@H](CCC(=O)O)C(=O)N[C@H](C(=O)N[C@@H](Cc1ccc(O)cc1)C(=O)N[C@H](C(=O)N1CCC[C@H]1C(=O)N[C@@H](CC(F)(F)P(=O)(O)OC[C@H]1O[C@@H](n2cnc3c(N)ncnc32)[C@H](O)[C@@H]1O)C(=O)N[C@@H](CC(N)=O)C(=O)N[C@@H](Cc1ccc(O)cc1)C(N)=O)C(C)C)C(C)C. The molecule has 4 heterocycles. The molecular weight excluding hydrogens is 1610 g/mol. The number of carbonyl (C=O) groups is 14. The van der Waals surface area contributed by atoms with Crippen molar-refractivity contribution in [3.05, 3.63) is 108 Å². The number of aliphatic carboxylic acids is 2. The molecule has 5 aromatic rings. The highest BCUT2D eigenvalue weighted by atomic mass is 31.2. The van der Waals surface area contributed by atoms with Gasteiger partial charge in [-0.2, -0.15) is 8.78 Å². The number of amides is 12. The van der Waals surface area contributed by atoms with E-state index in [0.29, 0.717) is 11.1 Å². The number of benzene rings is 3. The van der Waals surface area contributed by atoms with E-state index < -0.39 is 256 Å². The minimum atomic E-state index is -6.53. The van der Waals surface area contributed by atoms with Crippen molar-refractivity contribution in [3.8, 4) is 11.5 Å². The third kappa shape index (κ3) is 26.3. The number of phenolic OH excluding ortho intramolecular Hbond substituents is 2. The van der Waals surface area contributed by atoms with Crippen molar-refractivity contribution in [2.75, 3.05) is 18.9 Å². The van der Waals surface area contributed by atoms with Crippen LogP contribution >= 0.6 is 7.60 Å². The van der Waals surface area contributed by atoms with Crippen molar-refractivity contribution in [1.29, 1.82) is 0 Å². The number of carbonyl (C=O) groups excluding carboxylic acids is 12. The first-order valence-electron chi connectivity index (χ1n) is 38.1. The Morgan fingerprint density at radius 3 is 1.57 bits per heavy atom. The molecule has 1 unspecified atom stereocenters. The Hall–Kier alpha value is -12.0. The van der Waals surface area contributed by atoms with E-state index in [0.717, 1.165) is 22.1 Å². The summed E-state index contributed by atoms with van der Waals surface area (Å²) in [5, 5.41) is 82.8. The number of aliphatic hydroxyl groups is 2. The van der Waals surface area contributed by atoms with Gasteiger partial charge in [-0.05, 0) is 84.4 Å². The number of hydrogen-bond acceptors (Lipinski definition) is 26. The molecule has 2 aliphatic rings. The number of primary amides is 2. The fraction of sp³-hybridized carbons (Fsp3) is 0.507. The lowest BCUT2D eigenvalue weighted by atomic mass is 9.98. The van der Waals surface area contributed by atoms with Crippen LogP contribution in [0.4, 0.5) is 14.6 Å². The number of aromatic hydroxyl groups is 2. The van der Waals surface area contributed by atoms with Gasteiger partial charge in [-0.1, -0.05) is 96.1 Å². The van der Waals surface area contributed by atoms with Gasteiger partial charge in [-0.3, -0.25) is 76.3 Å². The van der Waals surface area contributed by atoms with Crippen LogP contribution < -0.4 is 70.8 Å². The van der Waals surface area contributed by atoms with Crippen LogP contribution in [0.3, 0.4) is 0 Å². The predicted molar refractivity (Wildman–Crippen MR) is 416 cm³/mol. The van der Waals surface area contributed by atoms with Crippen molar-refractivity contribution in [3.63, 3.8) is 0 Å². The first kappa shape index (κ1) is 95.2. The lowest BCUT2D eigenvalue weighted by molar-refractivity contribution is -0.144. The number of aliphatic hydroxyl groups excluding tert-OH is 2. The van der Waals surface area contributed by atoms with Crippen LogP contribution in [0, 0.1) is 17.8 Å². The van der Waals surface area contributed by atoms with Gasteiger partial charge in [0.15, 0.2) is 17.7 Å². The highest BCUT2D eigenvalue weighted by molar-refractivity contribution is 7.54. The van der Waals surface area contributed by atoms with Gasteiger partial charge in [-0.15, -0.1) is 0 Å². The zero-order valence-corrected chi connectivity index (χ0v) is 67.0. The lowest BCUT2D eigenvalue weighted by Gasteiger charge is -2.33. The van der Waals surface area contributed by atoms with Crippen LogP contribution in [0.5, 0.6) is 11.5 Å². The molecule has 2 saturated heterocycles. The van der Waals surface area contributed by atoms with E-state index in [-0.39, 0.29) is 66.3 Å². The summed E-state index contributed by atoms with van der Waals surface area (Å²) in [6.45, 7) is 7.41. The topological polar surface area (TPSA) is 675 Å². The number of carboxylic acid groups (broad SMARTS) is 2. The quantitative estimate of drug-likeness (QED) is 0.0174. The zero-order valence-electron chi connectivity index (χ0n) is 66.1. The monoisotopic (exact) mass is 1710 g/mol. The molecule has 0 aliphatic carbocycles. The number of fused-ring (bicyclic) bond motifs is 1. The first-order valence-corrected chi connectivity index (χ1v) is 39.6. The van der Waals surface area contributed by atoms with E-state index in [9.17, 15) is 102 Å². The molecule has 0 spiro atoms. The maximum atomic E-state index is 16.9. The van der Waals surface area contributed by atoms with Gasteiger partial charge in [0.2, 0.25) is 70.9 Å². The van der Waals surface area contributed by atoms with Crippen LogP contribution in [0.15, 0.2) is 91.5 Å². The number of halogens is 2. The summed E-state index contributed by atoms with van der Waals surface area (Å²) in [6, 6.07) is -0.901. The van der Waals surface area contributed by atoms with Gasteiger partial charge >= 0.3 is 25.2 Å². The zero-order chi connectivity index (χ0) is 88.9. The Kier molecular flexibility index (Phi) is 33.8. The number of aromatic nitrogens is 4. The van der Waals surface area contributed by atoms with Gasteiger partial charge in [0.1, 0.15) is 102 Å². The van der Waals surface area contributed by atoms with Gasteiger partial charge in [0.05, 0.1) is 31.8 Å². The third-order valence-corrected chi connectivity index (χ3v) is 21.3. The van der Waals surface area contributed by atoms with E-state index in [1.54, 1.807) is 44.2 Å². The number of rotatable bonds is 44. The van der Waals surface area contributed by atoms with Gasteiger partial charge < -0.3 is 120 Å². The number of ether oxygens (including phenoxy) is 1. The van der Waals surface area contributed by atoms with E-state index >= 15 is 13.6 Å². The summed E-state index contributed by atoms with van der Waals surface area (Å²) in [7, 11) is -6.53. The van der Waals surface area contributed by atoms with Crippen molar-refractivity contribution < 1.29 is 125 Å². The molecule has 0 radical (unpaired) electrons. The predicted octanol–water partition coefficient (Wildman–Crippen LogP) is -2.91. The molecule has 16 atom stereocenters. The summed E-state index contributed by atoms with van der Waals surface area (Å²) >= 11 is 0. The van der Waals surface area contributed by atoms with Crippen LogP contribution in [0.25, 0.3) is 11.2 Å². The van der Waals surface area contributed by atoms with E-state index in [2.05, 4.69) is 52.2 Å². The number of imidazole rings is 1. The molecule has 3 aromatic carbocycles. The number of likely N-dealkylation sites (tertiary alicyclic amines) is 1. The van der Waals surface area contributed by atoms with Gasteiger partial charge in [-0.25, -0.2) is 15.0 Å². The Labute approximate surface area is 684 Å². The first-order chi connectivity index (χ1) is 56.4. The smallest absolute Gasteiger partial charge is 0.397 e. The average Bonchev–Trinajstić information content (AvgIpc) is 1.58. The molecule has 24 N–H and O–H groups in total. The van der Waals surface area contributed by atoms with Crippen molar-refractivity contribution in [2.45, 2.75) is 209 Å². The lowest BCUT2D eigenvalue weighted by Crippen LogP contribution is -2.62. The minimum Gasteiger partial charge on any atom is -0.508 e. The molecule has 2 aliphatic heterocycles. The van der Waals surface area contributed by atoms with E-state index in [1.807, 2.05) is 10.6 Å². The number of nitrogens with two attached hydrogens (primary N) is 4. The largest absolute Gasteiger partial charge is 0.508 e. The maximum Gasteiger partial charge on any atom is 0.397 e. The van der Waals surface area contributed by atoms with Crippen LogP contribution in [0.2, 0.25) is 0 Å². The molecular formula is C75H101F2N18O24P. The van der Waals surface area contributed by atoms with Crippen molar-refractivity contribution >= 4 is 107 Å². The molecule has 120 heavy (non-hydrogen) atoms. The normalized spacial score (nSPS) is 19.0. The number of nitrogens with zero attached hydrogens (tertiary/aromatic N) is 5. The Bertz CT molecular complexity index is 4570. The van der Waals surface area contributed by atoms with E-state index in [1.165, 1.54) is 76.2 Å². The van der Waals surface area contributed by atoms with Gasteiger partial charge in [0, 0.05) is 38.6 Å². The molecule has 12 amide bonds. The Morgan fingerprint density at radius 1 is 0.583 bits per heavy atom. The molecule has 0 saturated carbocycles. The fourth-order valence-electron chi connectivity index (χ4n) is 12.9. The summed E-state index contributed by atoms with van der Waals surface area (Å²) in [4.78, 5) is 218. The highest BCUT2D eigenvalue weighted by Crippen LogP contribution is 2.60. The average molecular weight is 1710 g/mol. The third-order valence-electron chi connectivity index (χ3n) is 19.8. The van der Waals surface area contributed by atoms with Crippen LogP contribution in [0.1, 0.15) is 116 Å². The molecule has 42 nitrogen and oxygen atoms in total. The number of nitrogen functional groups attached to an aromatic ring is 1. The second kappa shape index (κ2) is 42.6. The molecule has 654 valence electrons. The Morgan fingerprint density at radius 2 is 1.05 bits per heavy atom. The Balaban J connectivity index is 1.13. The van der Waals surface area contributed by atoms with Crippen molar-refractivity contribution in [1.82, 2.24) is 72.3 Å². The number of hydrogen-bond donors (Lipinski definition) is 20. The molecule has 2 fully saturated rings. The van der Waals surface area contributed by atoms with E-state index in [4.69, 9.17) is 32.2 Å². The number of carboxylic acids is 2. The van der Waals surface area contributed by atoms with Crippen LogP contribution in [-0.2, 0) is 100 Å². The summed E-state index contributed by atoms with van der Waals surface area (Å²) < 4.78 is 59.3. The number of anilines is 1. The van der Waals surface area contributed by atoms with Gasteiger partial charge in [0.25, 0.3) is 0 Å². The molecule has 7 rings (SSSR count). The molecule has 2 aromatic heterocycles. The second-order valence-electron chi connectivity index (χ2n) is 30.0. The number of alkyl halides is 2. The minimum absolute atomic E-state index is 0.0222. The van der Waals surface area contributed by atoms with Crippen LogP contribution in [-0.4, -0.2) is 246 Å². The molecule has 0 bridgehead atoms. The molecule has 45 heteroatoms. The number of phenols is 2. The highest BCUT2D eigenvalue weighted by Gasteiger charge is 2.56. The summed E-state index contributed by atoms with van der Waals surface area (Å²) in [5.74, 6) is -20.1. The number of nitrogens with one attached hydrogen (secondary N) is 9. The van der Waals surface area contributed by atoms with Crippen molar-refractivity contribution in [2.24, 2.45) is 35.0 Å². The summed E-state index contributed by atoms with van der Waals surface area (Å²) in [5.41, 5.74) is 19.0. The second-order valence-corrected chi connectivity index (χ2v) is 32.0. The fourth-order valence-corrected chi connectivity index (χ4v) is 13.9. The standard InChI is InChI=1S/C75H101F2N18O24P/c1-35(2)55(79)71(113)89-46(28-38-11-8-7-9-12-38)66(108)86-43(22-24-53(99)100)64(106)85-44(23-25-54(101)102)65(107)92-56(36(3)4)72(114)90-47(29-40-16-20-42(97)21-17-40)68(110)93-57(37(5)6)73(115)94-26-10-13-50(94)70(112)91-49(69(111)88-48(30-52(78)98)67(109)87-45(62(81)105)27-39-14-18-41(96)19-15-39)31-75(76,77)120(116,117)118-32-51-59(103)60(104)74(119-51)95-34-84-58-61(80)82-33-83-63(58)95/h7-9,11-12,14-21,33-37,43-51,55-57,59-60,74,96-97,103-104H,10,13,22-32,79H2,1-6H3,(H2,78,98)(H2,81,105)(H,85,106)(H,86,108)(H,87,109)(H,88,111)(H,89,113)(H,90,114)(H,91,112)(H,92,107)(H,93,110)(H,99,100)(H,101,102)(H,116,117)(H2,80,82,83)/t43-,44-,45-,46-,47-,48-,49-,50-,51+,55-,56-,57-,59+,60+,74+/m0/s1. The summed E-state index contributed by atoms with van der Waals surface area (Å²) in [6.07, 6.45) is -12.7. The maximum absolute atomic E-state index is 16.9.